The fourth-order valence-corrected chi connectivity index (χ4v) is 4.26. The summed E-state index contributed by atoms with van der Waals surface area (Å²) in [6.45, 7) is 5.85. The second-order valence-electron chi connectivity index (χ2n) is 8.80. The zero-order chi connectivity index (χ0) is 24.9. The van der Waals surface area contributed by atoms with Gasteiger partial charge in [0, 0.05) is 48.6 Å². The van der Waals surface area contributed by atoms with E-state index in [1.54, 1.807) is 32.6 Å². The Labute approximate surface area is 201 Å². The van der Waals surface area contributed by atoms with Gasteiger partial charge in [-0.25, -0.2) is 9.97 Å². The van der Waals surface area contributed by atoms with Crippen molar-refractivity contribution in [2.24, 2.45) is 14.1 Å². The molecule has 0 unspecified atom stereocenters. The van der Waals surface area contributed by atoms with Gasteiger partial charge >= 0.3 is 0 Å². The maximum Gasteiger partial charge on any atom is 0.274 e. The molecule has 0 aliphatic carbocycles. The molecule has 0 fully saturated rings. The standard InChI is InChI=1S/C27H25N5O3/c1-15-7-6-8-16(2)26(15)35-23-13-31(4)24(33)11-18(23)20-12-32(5)27(34)25-19(20)10-22(30-25)21-9-17(3)28-14-29-21/h6-14,30H,1-5H3. The lowest BCUT2D eigenvalue weighted by Gasteiger charge is -2.17. The van der Waals surface area contributed by atoms with Crippen LogP contribution in [0.2, 0.25) is 0 Å². The van der Waals surface area contributed by atoms with E-state index in [9.17, 15) is 9.59 Å². The Hall–Kier alpha value is -4.46. The largest absolute Gasteiger partial charge is 0.455 e. The van der Waals surface area contributed by atoms with Gasteiger partial charge in [-0.3, -0.25) is 9.59 Å². The summed E-state index contributed by atoms with van der Waals surface area (Å²) in [4.78, 5) is 37.5. The summed E-state index contributed by atoms with van der Waals surface area (Å²) in [6.07, 6.45) is 4.91. The van der Waals surface area contributed by atoms with Crippen molar-refractivity contribution in [2.75, 3.05) is 0 Å². The van der Waals surface area contributed by atoms with E-state index in [1.807, 2.05) is 51.1 Å². The van der Waals surface area contributed by atoms with Gasteiger partial charge in [0.25, 0.3) is 11.1 Å². The van der Waals surface area contributed by atoms with E-state index in [4.69, 9.17) is 4.74 Å². The Morgan fingerprint density at radius 3 is 2.34 bits per heavy atom. The summed E-state index contributed by atoms with van der Waals surface area (Å²) in [5.41, 5.74) is 5.52. The molecule has 0 spiro atoms. The number of nitrogens with one attached hydrogen (secondary N) is 1. The van der Waals surface area contributed by atoms with Gasteiger partial charge in [-0.05, 0) is 44.0 Å². The Balaban J connectivity index is 1.78. The molecule has 0 amide bonds. The second kappa shape index (κ2) is 8.39. The first-order valence-electron chi connectivity index (χ1n) is 11.2. The molecule has 176 valence electrons. The van der Waals surface area contributed by atoms with E-state index in [2.05, 4.69) is 15.0 Å². The van der Waals surface area contributed by atoms with E-state index >= 15 is 0 Å². The monoisotopic (exact) mass is 467 g/mol. The van der Waals surface area contributed by atoms with Crippen molar-refractivity contribution in [2.45, 2.75) is 20.8 Å². The third-order valence-corrected chi connectivity index (χ3v) is 6.15. The van der Waals surface area contributed by atoms with Gasteiger partial charge in [-0.1, -0.05) is 18.2 Å². The van der Waals surface area contributed by atoms with Crippen LogP contribution >= 0.6 is 0 Å². The summed E-state index contributed by atoms with van der Waals surface area (Å²) in [5, 5.41) is 0.680. The van der Waals surface area contributed by atoms with Crippen LogP contribution < -0.4 is 15.9 Å². The van der Waals surface area contributed by atoms with Gasteiger partial charge in [0.2, 0.25) is 0 Å². The molecule has 0 aliphatic heterocycles. The first kappa shape index (κ1) is 22.3. The number of rotatable bonds is 4. The van der Waals surface area contributed by atoms with Crippen LogP contribution in [0.4, 0.5) is 0 Å². The number of ether oxygens (including phenoxy) is 1. The molecule has 8 heteroatoms. The lowest BCUT2D eigenvalue weighted by atomic mass is 10.0. The maximum atomic E-state index is 13.0. The molecule has 5 aromatic rings. The molecule has 0 radical (unpaired) electrons. The fourth-order valence-electron chi connectivity index (χ4n) is 4.26. The Bertz CT molecular complexity index is 1710. The SMILES string of the molecule is Cc1cc(-c2cc3c(-c4cc(=O)n(C)cc4Oc4c(C)cccc4C)cn(C)c(=O)c3[nH]2)ncn1. The summed E-state index contributed by atoms with van der Waals surface area (Å²) in [6, 6.07) is 11.2. The molecule has 0 bridgehead atoms. The topological polar surface area (TPSA) is 94.8 Å². The fraction of sp³-hybridized carbons (Fsp3) is 0.185. The van der Waals surface area contributed by atoms with Gasteiger partial charge < -0.3 is 18.9 Å². The van der Waals surface area contributed by atoms with Gasteiger partial charge in [-0.2, -0.15) is 0 Å². The molecule has 0 aliphatic rings. The summed E-state index contributed by atoms with van der Waals surface area (Å²) in [5.74, 6) is 1.25. The van der Waals surface area contributed by atoms with Crippen molar-refractivity contribution in [3.8, 4) is 34.0 Å². The smallest absolute Gasteiger partial charge is 0.274 e. The summed E-state index contributed by atoms with van der Waals surface area (Å²) >= 11 is 0. The third-order valence-electron chi connectivity index (χ3n) is 6.15. The van der Waals surface area contributed by atoms with Crippen molar-refractivity contribution in [3.05, 3.63) is 92.6 Å². The molecular formula is C27H25N5O3. The molecule has 0 atom stereocenters. The number of fused-ring (bicyclic) bond motifs is 1. The van der Waals surface area contributed by atoms with Crippen LogP contribution in [-0.2, 0) is 14.1 Å². The minimum atomic E-state index is -0.182. The molecule has 0 saturated heterocycles. The van der Waals surface area contributed by atoms with Gasteiger partial charge in [0.05, 0.1) is 17.6 Å². The highest BCUT2D eigenvalue weighted by molar-refractivity contribution is 5.98. The molecule has 0 saturated carbocycles. The molecule has 4 aromatic heterocycles. The van der Waals surface area contributed by atoms with Crippen LogP contribution in [0.15, 0.2) is 64.7 Å². The molecule has 1 aromatic carbocycles. The Morgan fingerprint density at radius 1 is 0.886 bits per heavy atom. The number of hydrogen-bond donors (Lipinski definition) is 1. The molecule has 35 heavy (non-hydrogen) atoms. The van der Waals surface area contributed by atoms with Crippen LogP contribution in [0.1, 0.15) is 16.8 Å². The van der Waals surface area contributed by atoms with Crippen LogP contribution in [0, 0.1) is 20.8 Å². The lowest BCUT2D eigenvalue weighted by Crippen LogP contribution is -2.18. The van der Waals surface area contributed by atoms with Crippen molar-refractivity contribution < 1.29 is 4.74 Å². The summed E-state index contributed by atoms with van der Waals surface area (Å²) in [7, 11) is 3.37. The first-order valence-corrected chi connectivity index (χ1v) is 11.2. The molecular weight excluding hydrogens is 442 g/mol. The minimum absolute atomic E-state index is 0.179. The number of aromatic nitrogens is 5. The highest BCUT2D eigenvalue weighted by atomic mass is 16.5. The van der Waals surface area contributed by atoms with E-state index < -0.39 is 0 Å². The van der Waals surface area contributed by atoms with Crippen molar-refractivity contribution in [1.82, 2.24) is 24.1 Å². The van der Waals surface area contributed by atoms with E-state index in [0.717, 1.165) is 22.6 Å². The number of pyridine rings is 2. The van der Waals surface area contributed by atoms with E-state index in [1.165, 1.54) is 15.5 Å². The molecule has 8 nitrogen and oxygen atoms in total. The van der Waals surface area contributed by atoms with Gasteiger partial charge in [-0.15, -0.1) is 0 Å². The quantitative estimate of drug-likeness (QED) is 0.423. The lowest BCUT2D eigenvalue weighted by molar-refractivity contribution is 0.470. The van der Waals surface area contributed by atoms with Crippen LogP contribution in [0.25, 0.3) is 33.4 Å². The van der Waals surface area contributed by atoms with Crippen molar-refractivity contribution in [1.29, 1.82) is 0 Å². The second-order valence-corrected chi connectivity index (χ2v) is 8.80. The first-order chi connectivity index (χ1) is 16.7. The van der Waals surface area contributed by atoms with Crippen molar-refractivity contribution >= 4 is 10.9 Å². The number of benzene rings is 1. The predicted molar refractivity (Wildman–Crippen MR) is 136 cm³/mol. The minimum Gasteiger partial charge on any atom is -0.455 e. The number of hydrogen-bond acceptors (Lipinski definition) is 5. The highest BCUT2D eigenvalue weighted by Crippen LogP contribution is 2.38. The zero-order valence-electron chi connectivity index (χ0n) is 20.2. The Morgan fingerprint density at radius 2 is 1.63 bits per heavy atom. The average Bonchev–Trinajstić information content (AvgIpc) is 3.27. The number of H-pyrrole nitrogens is 1. The number of para-hydroxylation sites is 1. The molecule has 5 rings (SSSR count). The predicted octanol–water partition coefficient (Wildman–Crippen LogP) is 4.41. The van der Waals surface area contributed by atoms with Gasteiger partial charge in [0.1, 0.15) is 17.6 Å². The Kier molecular flexibility index (Phi) is 5.36. The number of aryl methyl sites for hydroxylation is 5. The number of nitrogens with zero attached hydrogens (tertiary/aromatic N) is 4. The van der Waals surface area contributed by atoms with Crippen LogP contribution in [0.5, 0.6) is 11.5 Å². The van der Waals surface area contributed by atoms with Gasteiger partial charge in [0.15, 0.2) is 5.75 Å². The molecule has 1 N–H and O–H groups in total. The molecule has 4 heterocycles. The average molecular weight is 468 g/mol. The zero-order valence-corrected chi connectivity index (χ0v) is 20.2. The maximum absolute atomic E-state index is 13.0. The van der Waals surface area contributed by atoms with Crippen LogP contribution in [0.3, 0.4) is 0 Å². The van der Waals surface area contributed by atoms with E-state index in [0.29, 0.717) is 39.2 Å². The summed E-state index contributed by atoms with van der Waals surface area (Å²) < 4.78 is 9.40. The van der Waals surface area contributed by atoms with Crippen molar-refractivity contribution in [3.63, 3.8) is 0 Å². The highest BCUT2D eigenvalue weighted by Gasteiger charge is 2.19. The third kappa shape index (κ3) is 3.93. The number of aromatic amines is 1. The van der Waals surface area contributed by atoms with E-state index in [-0.39, 0.29) is 11.1 Å². The van der Waals surface area contributed by atoms with Crippen LogP contribution in [-0.4, -0.2) is 24.1 Å². The normalized spacial score (nSPS) is 11.2.